The second-order valence-electron chi connectivity index (χ2n) is 7.14. The zero-order valence-electron chi connectivity index (χ0n) is 15.9. The van der Waals surface area contributed by atoms with Crippen molar-refractivity contribution in [1.29, 1.82) is 0 Å². The van der Waals surface area contributed by atoms with Crippen molar-refractivity contribution in [3.05, 3.63) is 35.9 Å². The summed E-state index contributed by atoms with van der Waals surface area (Å²) >= 11 is 0. The number of amides is 2. The summed E-state index contributed by atoms with van der Waals surface area (Å²) in [5.41, 5.74) is 6.46. The fourth-order valence-corrected chi connectivity index (χ4v) is 2.51. The van der Waals surface area contributed by atoms with Crippen LogP contribution in [0.2, 0.25) is 0 Å². The van der Waals surface area contributed by atoms with Gasteiger partial charge >= 0.3 is 0 Å². The molecule has 27 heavy (non-hydrogen) atoms. The monoisotopic (exact) mass is 385 g/mol. The molecule has 0 saturated heterocycles. The van der Waals surface area contributed by atoms with Crippen LogP contribution in [0.3, 0.4) is 0 Å². The number of halogens is 2. The van der Waals surface area contributed by atoms with Crippen LogP contribution in [0.25, 0.3) is 0 Å². The van der Waals surface area contributed by atoms with E-state index in [1.807, 2.05) is 49.5 Å². The number of hydrogen-bond donors (Lipinski definition) is 4. The van der Waals surface area contributed by atoms with Gasteiger partial charge in [0.05, 0.1) is 6.54 Å². The highest BCUT2D eigenvalue weighted by Crippen LogP contribution is 2.22. The van der Waals surface area contributed by atoms with E-state index >= 15 is 0 Å². The van der Waals surface area contributed by atoms with Crippen LogP contribution in [0, 0.1) is 11.8 Å². The number of rotatable bonds is 10. The maximum absolute atomic E-state index is 14.1. The van der Waals surface area contributed by atoms with E-state index in [-0.39, 0.29) is 18.9 Å². The van der Waals surface area contributed by atoms with Crippen LogP contribution >= 0.6 is 0 Å². The van der Waals surface area contributed by atoms with Crippen LogP contribution in [0.1, 0.15) is 32.8 Å². The first-order valence-corrected chi connectivity index (χ1v) is 8.95. The Morgan fingerprint density at radius 2 is 1.67 bits per heavy atom. The fraction of sp³-hybridized carbons (Fsp3) is 0.579. The quantitative estimate of drug-likeness (QED) is 0.457. The van der Waals surface area contributed by atoms with E-state index < -0.39 is 42.3 Å². The topological polar surface area (TPSA) is 104 Å². The molecule has 152 valence electrons. The molecule has 1 rings (SSSR count). The third kappa shape index (κ3) is 7.60. The maximum Gasteiger partial charge on any atom is 0.291 e. The minimum atomic E-state index is -3.59. The Kier molecular flexibility index (Phi) is 8.78. The lowest BCUT2D eigenvalue weighted by Gasteiger charge is -2.28. The summed E-state index contributed by atoms with van der Waals surface area (Å²) in [6.07, 6.45) is -1.86. The highest BCUT2D eigenvalue weighted by molar-refractivity contribution is 5.99. The van der Waals surface area contributed by atoms with Crippen molar-refractivity contribution in [3.63, 3.8) is 0 Å². The average molecular weight is 385 g/mol. The summed E-state index contributed by atoms with van der Waals surface area (Å²) in [5.74, 6) is -6.11. The molecule has 8 heteroatoms. The van der Waals surface area contributed by atoms with Crippen molar-refractivity contribution < 1.29 is 23.5 Å². The van der Waals surface area contributed by atoms with Gasteiger partial charge in [-0.3, -0.25) is 9.59 Å². The van der Waals surface area contributed by atoms with Gasteiger partial charge in [-0.1, -0.05) is 44.2 Å². The first kappa shape index (κ1) is 23.0. The SMILES string of the molecule is CC(C)CC(N)C(O)C(F)(F)CNC(=O)C(C)C(=O)NCc1ccccc1. The van der Waals surface area contributed by atoms with Crippen LogP contribution in [0.4, 0.5) is 8.78 Å². The Bertz CT molecular complexity index is 611. The molecule has 0 aliphatic carbocycles. The number of nitrogens with one attached hydrogen (secondary N) is 2. The van der Waals surface area contributed by atoms with Gasteiger partial charge < -0.3 is 21.5 Å². The lowest BCUT2D eigenvalue weighted by atomic mass is 9.96. The molecule has 3 atom stereocenters. The van der Waals surface area contributed by atoms with Crippen LogP contribution in [0.15, 0.2) is 30.3 Å². The molecular formula is C19H29F2N3O3. The molecule has 0 fully saturated rings. The molecule has 3 unspecified atom stereocenters. The first-order chi connectivity index (χ1) is 12.5. The van der Waals surface area contributed by atoms with Crippen molar-refractivity contribution in [3.8, 4) is 0 Å². The maximum atomic E-state index is 14.1. The van der Waals surface area contributed by atoms with Gasteiger partial charge in [-0.15, -0.1) is 0 Å². The molecular weight excluding hydrogens is 356 g/mol. The minimum absolute atomic E-state index is 0.0494. The summed E-state index contributed by atoms with van der Waals surface area (Å²) in [6, 6.07) is 7.98. The molecule has 2 amide bonds. The van der Waals surface area contributed by atoms with Gasteiger partial charge in [-0.05, 0) is 24.8 Å². The number of carbonyl (C=O) groups is 2. The second kappa shape index (κ2) is 10.3. The Morgan fingerprint density at radius 3 is 2.22 bits per heavy atom. The van der Waals surface area contributed by atoms with E-state index in [1.54, 1.807) is 0 Å². The molecule has 1 aromatic rings. The highest BCUT2D eigenvalue weighted by Gasteiger charge is 2.42. The van der Waals surface area contributed by atoms with E-state index in [9.17, 15) is 23.5 Å². The zero-order chi connectivity index (χ0) is 20.6. The highest BCUT2D eigenvalue weighted by atomic mass is 19.3. The molecule has 0 radical (unpaired) electrons. The van der Waals surface area contributed by atoms with Crippen molar-refractivity contribution in [2.45, 2.75) is 51.8 Å². The normalized spacial score (nSPS) is 15.1. The first-order valence-electron chi connectivity index (χ1n) is 8.95. The van der Waals surface area contributed by atoms with Crippen molar-refractivity contribution >= 4 is 11.8 Å². The van der Waals surface area contributed by atoms with Gasteiger partial charge in [-0.2, -0.15) is 0 Å². The van der Waals surface area contributed by atoms with Gasteiger partial charge in [0, 0.05) is 12.6 Å². The van der Waals surface area contributed by atoms with E-state index in [0.29, 0.717) is 0 Å². The number of carbonyl (C=O) groups excluding carboxylic acids is 2. The van der Waals surface area contributed by atoms with E-state index in [2.05, 4.69) is 5.32 Å². The van der Waals surface area contributed by atoms with Crippen LogP contribution < -0.4 is 16.4 Å². The fourth-order valence-electron chi connectivity index (χ4n) is 2.51. The van der Waals surface area contributed by atoms with Gasteiger partial charge in [0.25, 0.3) is 5.92 Å². The van der Waals surface area contributed by atoms with E-state index in [1.165, 1.54) is 6.92 Å². The van der Waals surface area contributed by atoms with Gasteiger partial charge in [0.15, 0.2) is 0 Å². The summed E-state index contributed by atoms with van der Waals surface area (Å²) in [7, 11) is 0. The van der Waals surface area contributed by atoms with E-state index in [0.717, 1.165) is 5.56 Å². The third-order valence-corrected chi connectivity index (χ3v) is 4.18. The van der Waals surface area contributed by atoms with Crippen molar-refractivity contribution in [1.82, 2.24) is 10.6 Å². The van der Waals surface area contributed by atoms with Crippen molar-refractivity contribution in [2.24, 2.45) is 17.6 Å². The molecule has 5 N–H and O–H groups in total. The second-order valence-corrected chi connectivity index (χ2v) is 7.14. The third-order valence-electron chi connectivity index (χ3n) is 4.18. The summed E-state index contributed by atoms with van der Waals surface area (Å²) in [6.45, 7) is 4.09. The lowest BCUT2D eigenvalue weighted by molar-refractivity contribution is -0.140. The molecule has 0 spiro atoms. The van der Waals surface area contributed by atoms with Gasteiger partial charge in [0.2, 0.25) is 11.8 Å². The van der Waals surface area contributed by atoms with E-state index in [4.69, 9.17) is 5.73 Å². The number of benzene rings is 1. The van der Waals surface area contributed by atoms with Gasteiger partial charge in [-0.25, -0.2) is 8.78 Å². The molecule has 0 saturated carbocycles. The Labute approximate surface area is 158 Å². The smallest absolute Gasteiger partial charge is 0.291 e. The Balaban J connectivity index is 2.50. The molecule has 0 heterocycles. The predicted octanol–water partition coefficient (Wildman–Crippen LogP) is 1.42. The minimum Gasteiger partial charge on any atom is -0.385 e. The number of nitrogens with two attached hydrogens (primary N) is 1. The Hall–Kier alpha value is -2.06. The van der Waals surface area contributed by atoms with Gasteiger partial charge in [0.1, 0.15) is 12.0 Å². The number of aliphatic hydroxyl groups is 1. The predicted molar refractivity (Wildman–Crippen MR) is 98.8 cm³/mol. The number of aliphatic hydroxyl groups excluding tert-OH is 1. The molecule has 1 aromatic carbocycles. The standard InChI is InChI=1S/C19H29F2N3O3/c1-12(2)9-15(22)16(25)19(20,21)11-24-18(27)13(3)17(26)23-10-14-7-5-4-6-8-14/h4-8,12-13,15-16,25H,9-11,22H2,1-3H3,(H,23,26)(H,24,27). The zero-order valence-corrected chi connectivity index (χ0v) is 15.9. The molecule has 0 bridgehead atoms. The molecule has 0 aliphatic rings. The summed E-state index contributed by atoms with van der Waals surface area (Å²) in [4.78, 5) is 24.0. The molecule has 0 aliphatic heterocycles. The number of hydrogen-bond acceptors (Lipinski definition) is 4. The average Bonchev–Trinajstić information content (AvgIpc) is 2.63. The number of alkyl halides is 2. The largest absolute Gasteiger partial charge is 0.385 e. The molecule has 0 aromatic heterocycles. The van der Waals surface area contributed by atoms with Crippen LogP contribution in [-0.4, -0.2) is 41.5 Å². The summed E-state index contributed by atoms with van der Waals surface area (Å²) in [5, 5.41) is 14.4. The lowest BCUT2D eigenvalue weighted by Crippen LogP contribution is -2.54. The van der Waals surface area contributed by atoms with Crippen LogP contribution in [0.5, 0.6) is 0 Å². The van der Waals surface area contributed by atoms with Crippen LogP contribution in [-0.2, 0) is 16.1 Å². The summed E-state index contributed by atoms with van der Waals surface area (Å²) < 4.78 is 28.1. The van der Waals surface area contributed by atoms with Crippen molar-refractivity contribution in [2.75, 3.05) is 6.54 Å². The Morgan fingerprint density at radius 1 is 1.11 bits per heavy atom. The molecule has 6 nitrogen and oxygen atoms in total.